The van der Waals surface area contributed by atoms with Crippen molar-refractivity contribution in [2.24, 2.45) is 0 Å². The molecule has 1 fully saturated rings. The number of aromatic hydroxyl groups is 1. The van der Waals surface area contributed by atoms with Gasteiger partial charge in [0.2, 0.25) is 12.4 Å². The number of benzene rings is 2. The van der Waals surface area contributed by atoms with Crippen molar-refractivity contribution in [1.82, 2.24) is 0 Å². The highest BCUT2D eigenvalue weighted by Crippen LogP contribution is 2.34. The first kappa shape index (κ1) is 30.9. The molecule has 0 aliphatic carbocycles. The standard InChI is InChI=1S/C28H30O13/c1-15(29)35-14-23-24(37-16(2)30)25(38-17(3)31)26(39-18(4)32)28(41-23)40-22-11-10-20(12-21(22)33)27(34)36-13-19-8-6-5-7-9-19/h5-12,23-26,28,33H,13-14H2,1-4H3/t23-,24+,25+,26+,28?/m1/s1. The van der Waals surface area contributed by atoms with Crippen LogP contribution in [0.2, 0.25) is 0 Å². The predicted octanol–water partition coefficient (Wildman–Crippen LogP) is 2.21. The Morgan fingerprint density at radius 1 is 0.756 bits per heavy atom. The van der Waals surface area contributed by atoms with Crippen LogP contribution in [0.15, 0.2) is 48.5 Å². The molecule has 0 aromatic heterocycles. The number of esters is 5. The summed E-state index contributed by atoms with van der Waals surface area (Å²) >= 11 is 0. The minimum Gasteiger partial charge on any atom is -0.504 e. The van der Waals surface area contributed by atoms with Gasteiger partial charge >= 0.3 is 29.8 Å². The van der Waals surface area contributed by atoms with Gasteiger partial charge in [-0.25, -0.2) is 4.79 Å². The molecule has 13 nitrogen and oxygen atoms in total. The van der Waals surface area contributed by atoms with E-state index in [1.165, 1.54) is 12.1 Å². The lowest BCUT2D eigenvalue weighted by molar-refractivity contribution is -0.288. The Bertz CT molecular complexity index is 1260. The maximum Gasteiger partial charge on any atom is 0.338 e. The Labute approximate surface area is 235 Å². The van der Waals surface area contributed by atoms with Crippen molar-refractivity contribution in [3.63, 3.8) is 0 Å². The molecule has 0 radical (unpaired) electrons. The average Bonchev–Trinajstić information content (AvgIpc) is 2.90. The smallest absolute Gasteiger partial charge is 0.338 e. The molecule has 5 atom stereocenters. The number of carbonyl (C=O) groups is 5. The van der Waals surface area contributed by atoms with Gasteiger partial charge in [0.05, 0.1) is 5.56 Å². The van der Waals surface area contributed by atoms with E-state index >= 15 is 0 Å². The number of ether oxygens (including phenoxy) is 7. The van der Waals surface area contributed by atoms with Crippen molar-refractivity contribution in [1.29, 1.82) is 0 Å². The number of hydrogen-bond donors (Lipinski definition) is 1. The van der Waals surface area contributed by atoms with E-state index < -0.39 is 72.9 Å². The van der Waals surface area contributed by atoms with Gasteiger partial charge in [-0.05, 0) is 23.8 Å². The molecule has 41 heavy (non-hydrogen) atoms. The fourth-order valence-corrected chi connectivity index (χ4v) is 3.96. The molecule has 0 bridgehead atoms. The van der Waals surface area contributed by atoms with Crippen LogP contribution >= 0.6 is 0 Å². The van der Waals surface area contributed by atoms with E-state index in [0.29, 0.717) is 0 Å². The van der Waals surface area contributed by atoms with E-state index in [-0.39, 0.29) is 17.9 Å². The molecule has 0 spiro atoms. The van der Waals surface area contributed by atoms with Gasteiger partial charge in [0.1, 0.15) is 19.3 Å². The van der Waals surface area contributed by atoms with Crippen LogP contribution in [0.1, 0.15) is 43.6 Å². The minimum absolute atomic E-state index is 0.0173. The summed E-state index contributed by atoms with van der Waals surface area (Å²) in [6.45, 7) is 3.98. The highest BCUT2D eigenvalue weighted by atomic mass is 16.7. The number of hydrogen-bond acceptors (Lipinski definition) is 13. The first-order chi connectivity index (χ1) is 19.4. The van der Waals surface area contributed by atoms with Crippen molar-refractivity contribution < 1.29 is 62.2 Å². The molecule has 220 valence electrons. The number of phenols is 1. The molecule has 1 unspecified atom stereocenters. The van der Waals surface area contributed by atoms with Crippen LogP contribution in [-0.4, -0.2) is 72.3 Å². The lowest BCUT2D eigenvalue weighted by Crippen LogP contribution is -2.63. The van der Waals surface area contributed by atoms with Crippen LogP contribution in [0, 0.1) is 0 Å². The largest absolute Gasteiger partial charge is 0.504 e. The van der Waals surface area contributed by atoms with E-state index in [4.69, 9.17) is 33.2 Å². The van der Waals surface area contributed by atoms with Crippen LogP contribution in [0.5, 0.6) is 11.5 Å². The van der Waals surface area contributed by atoms with Crippen molar-refractivity contribution in [2.75, 3.05) is 6.61 Å². The van der Waals surface area contributed by atoms with Crippen LogP contribution < -0.4 is 4.74 Å². The molecule has 0 amide bonds. The molecule has 2 aromatic rings. The molecular weight excluding hydrogens is 544 g/mol. The topological polar surface area (TPSA) is 170 Å². The van der Waals surface area contributed by atoms with E-state index in [1.807, 2.05) is 6.07 Å². The summed E-state index contributed by atoms with van der Waals surface area (Å²) in [5.74, 6) is -4.48. The van der Waals surface area contributed by atoms with Crippen molar-refractivity contribution in [3.8, 4) is 11.5 Å². The van der Waals surface area contributed by atoms with Gasteiger partial charge in [-0.15, -0.1) is 0 Å². The number of carbonyl (C=O) groups excluding carboxylic acids is 5. The Morgan fingerprint density at radius 3 is 1.95 bits per heavy atom. The lowest BCUT2D eigenvalue weighted by atomic mass is 9.98. The average molecular weight is 575 g/mol. The summed E-state index contributed by atoms with van der Waals surface area (Å²) in [4.78, 5) is 59.7. The van der Waals surface area contributed by atoms with Crippen LogP contribution in [0.3, 0.4) is 0 Å². The van der Waals surface area contributed by atoms with Crippen molar-refractivity contribution in [2.45, 2.75) is 65.0 Å². The Balaban J connectivity index is 1.87. The molecule has 1 aliphatic heterocycles. The Morgan fingerprint density at radius 2 is 1.37 bits per heavy atom. The van der Waals surface area contributed by atoms with Gasteiger partial charge < -0.3 is 38.3 Å². The first-order valence-corrected chi connectivity index (χ1v) is 12.5. The zero-order valence-corrected chi connectivity index (χ0v) is 22.8. The summed E-state index contributed by atoms with van der Waals surface area (Å²) in [7, 11) is 0. The molecule has 0 saturated carbocycles. The van der Waals surface area contributed by atoms with E-state index in [9.17, 15) is 29.1 Å². The molecular formula is C28H30O13. The third-order valence-electron chi connectivity index (χ3n) is 5.60. The van der Waals surface area contributed by atoms with Gasteiger partial charge in [0.15, 0.2) is 23.7 Å². The zero-order chi connectivity index (χ0) is 30.1. The van der Waals surface area contributed by atoms with Gasteiger partial charge in [0.25, 0.3) is 0 Å². The van der Waals surface area contributed by atoms with Gasteiger partial charge in [-0.3, -0.25) is 19.2 Å². The Kier molecular flexibility index (Phi) is 10.6. The maximum atomic E-state index is 12.5. The van der Waals surface area contributed by atoms with E-state index in [0.717, 1.165) is 39.3 Å². The highest BCUT2D eigenvalue weighted by Gasteiger charge is 2.53. The summed E-state index contributed by atoms with van der Waals surface area (Å²) < 4.78 is 37.9. The summed E-state index contributed by atoms with van der Waals surface area (Å²) in [6.07, 6.45) is -7.11. The number of rotatable bonds is 10. The van der Waals surface area contributed by atoms with Crippen LogP contribution in [0.4, 0.5) is 0 Å². The minimum atomic E-state index is -1.56. The molecule has 1 N–H and O–H groups in total. The quantitative estimate of drug-likeness (QED) is 0.324. The molecule has 13 heteroatoms. The van der Waals surface area contributed by atoms with Crippen LogP contribution in [0.25, 0.3) is 0 Å². The van der Waals surface area contributed by atoms with Gasteiger partial charge in [-0.1, -0.05) is 30.3 Å². The van der Waals surface area contributed by atoms with Gasteiger partial charge in [-0.2, -0.15) is 0 Å². The van der Waals surface area contributed by atoms with Crippen LogP contribution in [-0.2, 0) is 54.2 Å². The summed E-state index contributed by atoms with van der Waals surface area (Å²) in [6, 6.07) is 12.7. The SMILES string of the molecule is CC(=O)OC[C@H]1OC(Oc2ccc(C(=O)OCc3ccccc3)cc2O)[C@@H](OC(C)=O)[C@@H](OC(C)=O)[C@H]1OC(C)=O. The Hall–Kier alpha value is -4.65. The molecule has 2 aromatic carbocycles. The van der Waals surface area contributed by atoms with Gasteiger partial charge in [0, 0.05) is 27.7 Å². The molecule has 1 saturated heterocycles. The fraction of sp³-hybridized carbons (Fsp3) is 0.393. The highest BCUT2D eigenvalue weighted by molar-refractivity contribution is 5.90. The fourth-order valence-electron chi connectivity index (χ4n) is 3.96. The maximum absolute atomic E-state index is 12.5. The molecule has 3 rings (SSSR count). The first-order valence-electron chi connectivity index (χ1n) is 12.5. The van der Waals surface area contributed by atoms with Crippen molar-refractivity contribution in [3.05, 3.63) is 59.7 Å². The predicted molar refractivity (Wildman–Crippen MR) is 136 cm³/mol. The second-order valence-electron chi connectivity index (χ2n) is 8.93. The molecule has 1 heterocycles. The summed E-state index contributed by atoms with van der Waals surface area (Å²) in [5, 5.41) is 10.6. The molecule has 1 aliphatic rings. The third-order valence-corrected chi connectivity index (χ3v) is 5.60. The lowest BCUT2D eigenvalue weighted by Gasteiger charge is -2.43. The van der Waals surface area contributed by atoms with Crippen molar-refractivity contribution >= 4 is 29.8 Å². The van der Waals surface area contributed by atoms with E-state index in [2.05, 4.69) is 0 Å². The normalized spacial score (nSPS) is 21.6. The second kappa shape index (κ2) is 14.1. The third kappa shape index (κ3) is 8.93. The zero-order valence-electron chi connectivity index (χ0n) is 22.8. The monoisotopic (exact) mass is 574 g/mol. The van der Waals surface area contributed by atoms with E-state index in [1.54, 1.807) is 24.3 Å². The second-order valence-corrected chi connectivity index (χ2v) is 8.93. The number of phenolic OH excluding ortho intramolecular Hbond substituents is 1. The summed E-state index contributed by atoms with van der Waals surface area (Å²) in [5.41, 5.74) is 0.793.